The molecule has 0 saturated heterocycles. The van der Waals surface area contributed by atoms with E-state index in [0.717, 1.165) is 6.42 Å². The van der Waals surface area contributed by atoms with E-state index in [9.17, 15) is 4.79 Å². The molecule has 2 rings (SSSR count). The van der Waals surface area contributed by atoms with Gasteiger partial charge in [-0.3, -0.25) is 4.79 Å². The molecular weight excluding hydrogens is 246 g/mol. The summed E-state index contributed by atoms with van der Waals surface area (Å²) in [6.45, 7) is 4.29. The fraction of sp³-hybridized carbons (Fsp3) is 0.944. The van der Waals surface area contributed by atoms with E-state index in [4.69, 9.17) is 0 Å². The van der Waals surface area contributed by atoms with Gasteiger partial charge >= 0.3 is 0 Å². The summed E-state index contributed by atoms with van der Waals surface area (Å²) in [5.41, 5.74) is 0. The average Bonchev–Trinajstić information content (AvgIpc) is 2.49. The van der Waals surface area contributed by atoms with Crippen LogP contribution in [0.15, 0.2) is 0 Å². The molecule has 20 heavy (non-hydrogen) atoms. The van der Waals surface area contributed by atoms with E-state index in [2.05, 4.69) is 19.2 Å². The maximum Gasteiger partial charge on any atom is 0.223 e. The van der Waals surface area contributed by atoms with E-state index in [1.807, 2.05) is 0 Å². The van der Waals surface area contributed by atoms with Crippen LogP contribution in [0.3, 0.4) is 0 Å². The lowest BCUT2D eigenvalue weighted by Crippen LogP contribution is -2.44. The first kappa shape index (κ1) is 15.9. The Morgan fingerprint density at radius 2 is 1.40 bits per heavy atom. The highest BCUT2D eigenvalue weighted by atomic mass is 16.2. The lowest BCUT2D eigenvalue weighted by atomic mass is 9.69. The van der Waals surface area contributed by atoms with Gasteiger partial charge < -0.3 is 5.32 Å². The second-order valence-electron chi connectivity index (χ2n) is 7.14. The van der Waals surface area contributed by atoms with Gasteiger partial charge in [-0.05, 0) is 50.9 Å². The van der Waals surface area contributed by atoms with Crippen LogP contribution in [0.4, 0.5) is 0 Å². The number of hydrogen-bond donors (Lipinski definition) is 1. The largest absolute Gasteiger partial charge is 0.353 e. The quantitative estimate of drug-likeness (QED) is 0.778. The topological polar surface area (TPSA) is 29.1 Å². The molecule has 1 unspecified atom stereocenters. The Kier molecular flexibility index (Phi) is 6.38. The molecule has 0 radical (unpaired) electrons. The van der Waals surface area contributed by atoms with E-state index in [0.29, 0.717) is 29.7 Å². The van der Waals surface area contributed by atoms with Crippen LogP contribution in [0, 0.1) is 17.8 Å². The third-order valence-electron chi connectivity index (χ3n) is 5.62. The highest BCUT2D eigenvalue weighted by Crippen LogP contribution is 2.40. The number of amides is 1. The van der Waals surface area contributed by atoms with Gasteiger partial charge in [-0.25, -0.2) is 0 Å². The summed E-state index contributed by atoms with van der Waals surface area (Å²) < 4.78 is 0. The van der Waals surface area contributed by atoms with Gasteiger partial charge in [-0.1, -0.05) is 45.4 Å². The van der Waals surface area contributed by atoms with Crippen molar-refractivity contribution in [2.24, 2.45) is 17.8 Å². The van der Waals surface area contributed by atoms with Crippen molar-refractivity contribution >= 4 is 5.91 Å². The lowest BCUT2D eigenvalue weighted by molar-refractivity contribution is -0.130. The van der Waals surface area contributed by atoms with E-state index in [1.165, 1.54) is 64.2 Å². The molecule has 2 fully saturated rings. The van der Waals surface area contributed by atoms with Crippen LogP contribution >= 0.6 is 0 Å². The minimum Gasteiger partial charge on any atom is -0.353 e. The van der Waals surface area contributed by atoms with Gasteiger partial charge in [0.1, 0.15) is 0 Å². The molecule has 2 nitrogen and oxygen atoms in total. The lowest BCUT2D eigenvalue weighted by Gasteiger charge is -2.37. The van der Waals surface area contributed by atoms with Gasteiger partial charge in [-0.2, -0.15) is 0 Å². The molecule has 0 spiro atoms. The molecule has 0 aromatic rings. The third kappa shape index (κ3) is 4.23. The maximum absolute atomic E-state index is 12.8. The Hall–Kier alpha value is -0.530. The van der Waals surface area contributed by atoms with Gasteiger partial charge in [-0.15, -0.1) is 0 Å². The second-order valence-corrected chi connectivity index (χ2v) is 7.14. The average molecular weight is 279 g/mol. The highest BCUT2D eigenvalue weighted by Gasteiger charge is 2.36. The molecule has 2 aliphatic rings. The normalized spacial score (nSPS) is 23.8. The summed E-state index contributed by atoms with van der Waals surface area (Å²) >= 11 is 0. The van der Waals surface area contributed by atoms with E-state index >= 15 is 0 Å². The highest BCUT2D eigenvalue weighted by molar-refractivity contribution is 5.79. The smallest absolute Gasteiger partial charge is 0.223 e. The first-order valence-corrected chi connectivity index (χ1v) is 9.02. The van der Waals surface area contributed by atoms with Gasteiger partial charge in [0.15, 0.2) is 0 Å². The third-order valence-corrected chi connectivity index (χ3v) is 5.62. The monoisotopic (exact) mass is 279 g/mol. The zero-order chi connectivity index (χ0) is 14.4. The molecule has 116 valence electrons. The summed E-state index contributed by atoms with van der Waals surface area (Å²) in [7, 11) is 0. The summed E-state index contributed by atoms with van der Waals surface area (Å²) in [5, 5.41) is 3.29. The molecule has 0 aromatic heterocycles. The molecule has 1 atom stereocenters. The molecule has 2 aliphatic carbocycles. The van der Waals surface area contributed by atoms with E-state index < -0.39 is 0 Å². The van der Waals surface area contributed by atoms with E-state index in [1.54, 1.807) is 0 Å². The van der Waals surface area contributed by atoms with Crippen LogP contribution in [-0.2, 0) is 4.79 Å². The molecule has 0 heterocycles. The summed E-state index contributed by atoms with van der Waals surface area (Å²) in [6, 6.07) is 0.331. The molecular formula is C18H33NO. The zero-order valence-electron chi connectivity index (χ0n) is 13.5. The Balaban J connectivity index is 2.03. The Bertz CT molecular complexity index is 272. The molecule has 2 saturated carbocycles. The van der Waals surface area contributed by atoms with Crippen LogP contribution in [-0.4, -0.2) is 11.9 Å². The van der Waals surface area contributed by atoms with Crippen molar-refractivity contribution in [3.63, 3.8) is 0 Å². The van der Waals surface area contributed by atoms with Crippen molar-refractivity contribution in [3.05, 3.63) is 0 Å². The fourth-order valence-corrected chi connectivity index (χ4v) is 4.24. The number of nitrogens with one attached hydrogen (secondary N) is 1. The molecule has 1 amide bonds. The van der Waals surface area contributed by atoms with Gasteiger partial charge in [0.2, 0.25) is 5.91 Å². The fourth-order valence-electron chi connectivity index (χ4n) is 4.24. The Labute approximate surface area is 125 Å². The predicted octanol–water partition coefficient (Wildman–Crippen LogP) is 4.68. The predicted molar refractivity (Wildman–Crippen MR) is 84.5 cm³/mol. The minimum atomic E-state index is 0.310. The summed E-state index contributed by atoms with van der Waals surface area (Å²) in [4.78, 5) is 12.8. The number of carbonyl (C=O) groups is 1. The van der Waals surface area contributed by atoms with Gasteiger partial charge in [0.25, 0.3) is 0 Å². The van der Waals surface area contributed by atoms with Crippen LogP contribution < -0.4 is 5.32 Å². The van der Waals surface area contributed by atoms with Gasteiger partial charge in [0, 0.05) is 12.0 Å². The van der Waals surface area contributed by atoms with Crippen molar-refractivity contribution in [2.75, 3.05) is 0 Å². The molecule has 2 heteroatoms. The van der Waals surface area contributed by atoms with Crippen molar-refractivity contribution in [1.82, 2.24) is 5.32 Å². The number of carbonyl (C=O) groups excluding carboxylic acids is 1. The van der Waals surface area contributed by atoms with E-state index in [-0.39, 0.29) is 0 Å². The van der Waals surface area contributed by atoms with Crippen molar-refractivity contribution in [1.29, 1.82) is 0 Å². The second kappa shape index (κ2) is 8.05. The molecule has 0 aliphatic heterocycles. The van der Waals surface area contributed by atoms with Crippen molar-refractivity contribution in [2.45, 2.75) is 90.5 Å². The van der Waals surface area contributed by atoms with Crippen LogP contribution in [0.2, 0.25) is 0 Å². The summed E-state index contributed by atoms with van der Waals surface area (Å²) in [6.07, 6.45) is 14.3. The Morgan fingerprint density at radius 1 is 0.950 bits per heavy atom. The molecule has 0 aromatic carbocycles. The number of rotatable bonds is 5. The molecule has 0 bridgehead atoms. The standard InChI is InChI=1S/C18H33NO/c1-3-14(2)19-18(20)17(15-10-6-4-7-11-15)16-12-8-5-9-13-16/h14-17H,3-13H2,1-2H3,(H,19,20). The van der Waals surface area contributed by atoms with Crippen molar-refractivity contribution < 1.29 is 4.79 Å². The van der Waals surface area contributed by atoms with Crippen LogP contribution in [0.5, 0.6) is 0 Å². The Morgan fingerprint density at radius 3 is 1.80 bits per heavy atom. The van der Waals surface area contributed by atoms with Crippen LogP contribution in [0.25, 0.3) is 0 Å². The van der Waals surface area contributed by atoms with Crippen molar-refractivity contribution in [3.8, 4) is 0 Å². The first-order chi connectivity index (χ1) is 9.72. The van der Waals surface area contributed by atoms with Crippen LogP contribution in [0.1, 0.15) is 84.5 Å². The number of hydrogen-bond acceptors (Lipinski definition) is 1. The first-order valence-electron chi connectivity index (χ1n) is 9.02. The van der Waals surface area contributed by atoms with Gasteiger partial charge in [0.05, 0.1) is 0 Å². The summed E-state index contributed by atoms with van der Waals surface area (Å²) in [5.74, 6) is 2.01. The zero-order valence-corrected chi connectivity index (χ0v) is 13.5. The maximum atomic E-state index is 12.8. The molecule has 1 N–H and O–H groups in total. The SMILES string of the molecule is CCC(C)NC(=O)C(C1CCCCC1)C1CCCCC1. The minimum absolute atomic E-state index is 0.310.